The molecule has 2 heterocycles. The van der Waals surface area contributed by atoms with Crippen LogP contribution in [0.2, 0.25) is 0 Å². The van der Waals surface area contributed by atoms with Crippen LogP contribution >= 0.6 is 11.8 Å². The van der Waals surface area contributed by atoms with Crippen LogP contribution in [-0.4, -0.2) is 46.2 Å². The molecule has 7 heteroatoms. The van der Waals surface area contributed by atoms with Crippen molar-refractivity contribution in [3.8, 4) is 0 Å². The summed E-state index contributed by atoms with van der Waals surface area (Å²) >= 11 is 1.19. The van der Waals surface area contributed by atoms with Gasteiger partial charge in [-0.25, -0.2) is 4.79 Å². The van der Waals surface area contributed by atoms with E-state index in [1.807, 2.05) is 11.8 Å². The molecule has 114 valence electrons. The predicted molar refractivity (Wildman–Crippen MR) is 80.1 cm³/mol. The van der Waals surface area contributed by atoms with E-state index in [0.29, 0.717) is 22.9 Å². The topological polar surface area (TPSA) is 89.9 Å². The molecule has 21 heavy (non-hydrogen) atoms. The van der Waals surface area contributed by atoms with Gasteiger partial charge in [-0.2, -0.15) is 0 Å². The minimum absolute atomic E-state index is 0.0101. The number of hydrogen-bond acceptors (Lipinski definition) is 5. The highest BCUT2D eigenvalue weighted by atomic mass is 32.2. The van der Waals surface area contributed by atoms with Crippen molar-refractivity contribution in [2.24, 2.45) is 0 Å². The molecule has 0 radical (unpaired) electrons. The molecule has 2 aliphatic heterocycles. The van der Waals surface area contributed by atoms with Crippen molar-refractivity contribution >= 4 is 23.6 Å². The summed E-state index contributed by atoms with van der Waals surface area (Å²) in [6.45, 7) is 7.49. The Balaban J connectivity index is 2.18. The maximum atomic E-state index is 11.5. The molecule has 0 spiro atoms. The van der Waals surface area contributed by atoms with Gasteiger partial charge in [0.05, 0.1) is 17.7 Å². The fourth-order valence-corrected chi connectivity index (χ4v) is 3.63. The molecule has 1 unspecified atom stereocenters. The number of aliphatic hydroxyl groups is 1. The number of carboxylic acids is 1. The molecule has 2 rings (SSSR count). The minimum Gasteiger partial charge on any atom is -0.477 e. The summed E-state index contributed by atoms with van der Waals surface area (Å²) in [7, 11) is 0. The van der Waals surface area contributed by atoms with Gasteiger partial charge in [-0.3, -0.25) is 4.79 Å². The number of amides is 1. The van der Waals surface area contributed by atoms with Crippen molar-refractivity contribution in [3.05, 3.63) is 33.4 Å². The lowest BCUT2D eigenvalue weighted by Gasteiger charge is -2.42. The van der Waals surface area contributed by atoms with Crippen LogP contribution in [0.4, 0.5) is 0 Å². The fourth-order valence-electron chi connectivity index (χ4n) is 2.60. The third-order valence-electron chi connectivity index (χ3n) is 3.60. The van der Waals surface area contributed by atoms with Crippen LogP contribution in [-0.2, 0) is 9.59 Å². The number of carbonyl (C=O) groups is 2. The van der Waals surface area contributed by atoms with Crippen molar-refractivity contribution in [2.75, 3.05) is 13.2 Å². The van der Waals surface area contributed by atoms with Crippen LogP contribution in [0, 0.1) is 0 Å². The van der Waals surface area contributed by atoms with Crippen LogP contribution in [0.3, 0.4) is 0 Å². The van der Waals surface area contributed by atoms with Crippen molar-refractivity contribution in [1.29, 1.82) is 0 Å². The maximum Gasteiger partial charge on any atom is 0.353 e. The number of carbonyl (C=O) groups excluding carboxylic acids is 1. The van der Waals surface area contributed by atoms with E-state index >= 15 is 0 Å². The van der Waals surface area contributed by atoms with E-state index in [9.17, 15) is 19.8 Å². The van der Waals surface area contributed by atoms with Crippen molar-refractivity contribution < 1.29 is 19.8 Å². The van der Waals surface area contributed by atoms with E-state index in [-0.39, 0.29) is 24.3 Å². The summed E-state index contributed by atoms with van der Waals surface area (Å²) in [4.78, 5) is 25.0. The third kappa shape index (κ3) is 2.98. The highest BCUT2D eigenvalue weighted by Gasteiger charge is 2.45. The number of rotatable bonds is 5. The molecule has 0 aliphatic carbocycles. The van der Waals surface area contributed by atoms with E-state index in [0.717, 1.165) is 11.1 Å². The first-order valence-corrected chi connectivity index (χ1v) is 7.33. The number of aliphatic hydroxyl groups excluding tert-OH is 1. The quantitative estimate of drug-likeness (QED) is 0.657. The van der Waals surface area contributed by atoms with Gasteiger partial charge < -0.3 is 20.4 Å². The molecule has 0 aromatic heterocycles. The first kappa shape index (κ1) is 15.7. The number of carboxylic acid groups (broad SMARTS) is 1. The second-order valence-corrected chi connectivity index (χ2v) is 6.28. The first-order valence-electron chi connectivity index (χ1n) is 6.52. The molecule has 6 nitrogen and oxygen atoms in total. The van der Waals surface area contributed by atoms with Gasteiger partial charge in [0.15, 0.2) is 0 Å². The van der Waals surface area contributed by atoms with Gasteiger partial charge in [0.2, 0.25) is 5.91 Å². The van der Waals surface area contributed by atoms with Gasteiger partial charge in [-0.05, 0) is 18.1 Å². The largest absolute Gasteiger partial charge is 0.477 e. The molecule has 1 amide bonds. The molecule has 0 aromatic carbocycles. The van der Waals surface area contributed by atoms with E-state index < -0.39 is 5.97 Å². The Kier molecular flexibility index (Phi) is 4.43. The van der Waals surface area contributed by atoms with Gasteiger partial charge in [0.25, 0.3) is 0 Å². The smallest absolute Gasteiger partial charge is 0.353 e. The van der Waals surface area contributed by atoms with Crippen LogP contribution < -0.4 is 5.32 Å². The Morgan fingerprint density at radius 3 is 2.67 bits per heavy atom. The highest BCUT2D eigenvalue weighted by Crippen LogP contribution is 2.46. The Bertz CT molecular complexity index is 580. The lowest BCUT2D eigenvalue weighted by Crippen LogP contribution is -2.48. The normalized spacial score (nSPS) is 22.6. The summed E-state index contributed by atoms with van der Waals surface area (Å²) in [6.07, 6.45) is 0.567. The molecular formula is C14H18N2O4S. The molecule has 1 fully saturated rings. The van der Waals surface area contributed by atoms with Crippen LogP contribution in [0.1, 0.15) is 20.3 Å². The zero-order valence-corrected chi connectivity index (χ0v) is 12.8. The number of nitrogens with zero attached hydrogens (tertiary/aromatic N) is 1. The molecule has 3 N–H and O–H groups in total. The zero-order valence-electron chi connectivity index (χ0n) is 12.0. The summed E-state index contributed by atoms with van der Waals surface area (Å²) in [6, 6.07) is 0.0101. The standard InChI is InChI=1S/C14H18N2O4S/c1-7(6-17)10-5-16-11(10)4-12(13(16)14(19)20)21-9(3)15-8(2)18/h11,17H,3-6H2,1-2H3,(H,15,18)(H,19,20). The van der Waals surface area contributed by atoms with Gasteiger partial charge in [-0.15, -0.1) is 0 Å². The van der Waals surface area contributed by atoms with Gasteiger partial charge in [0.1, 0.15) is 5.70 Å². The lowest BCUT2D eigenvalue weighted by atomic mass is 9.91. The number of nitrogens with one attached hydrogen (secondary N) is 1. The second kappa shape index (κ2) is 5.95. The Hall–Kier alpha value is -1.73. The first-order chi connectivity index (χ1) is 9.85. The van der Waals surface area contributed by atoms with Gasteiger partial charge in [0, 0.05) is 24.8 Å². The predicted octanol–water partition coefficient (Wildman–Crippen LogP) is 1.02. The second-order valence-electron chi connectivity index (χ2n) is 5.09. The fraction of sp³-hybridized carbons (Fsp3) is 0.429. The van der Waals surface area contributed by atoms with Crippen molar-refractivity contribution in [2.45, 2.75) is 26.3 Å². The summed E-state index contributed by atoms with van der Waals surface area (Å²) in [5.41, 5.74) is 2.26. The minimum atomic E-state index is -0.976. The third-order valence-corrected chi connectivity index (χ3v) is 4.55. The number of fused-ring (bicyclic) bond motifs is 1. The Morgan fingerprint density at radius 1 is 1.48 bits per heavy atom. The molecule has 0 saturated carbocycles. The van der Waals surface area contributed by atoms with E-state index in [4.69, 9.17) is 0 Å². The van der Waals surface area contributed by atoms with Crippen molar-refractivity contribution in [3.63, 3.8) is 0 Å². The number of hydrogen-bond donors (Lipinski definition) is 3. The molecule has 0 bridgehead atoms. The van der Waals surface area contributed by atoms with Crippen molar-refractivity contribution in [1.82, 2.24) is 10.2 Å². The lowest BCUT2D eigenvalue weighted by molar-refractivity contribution is -0.134. The van der Waals surface area contributed by atoms with E-state index in [1.165, 1.54) is 18.7 Å². The monoisotopic (exact) mass is 310 g/mol. The molecule has 1 atom stereocenters. The average Bonchev–Trinajstić information content (AvgIpc) is 2.62. The summed E-state index contributed by atoms with van der Waals surface area (Å²) in [5, 5.41) is 21.6. The van der Waals surface area contributed by atoms with Gasteiger partial charge in [-0.1, -0.05) is 18.3 Å². The van der Waals surface area contributed by atoms with Crippen LogP contribution in [0.25, 0.3) is 0 Å². The van der Waals surface area contributed by atoms with E-state index in [1.54, 1.807) is 0 Å². The SMILES string of the molecule is C=C(NC(C)=O)SC1=C(C(=O)O)N2CC(=C(C)CO)C2C1. The van der Waals surface area contributed by atoms with E-state index in [2.05, 4.69) is 11.9 Å². The Morgan fingerprint density at radius 2 is 2.14 bits per heavy atom. The average molecular weight is 310 g/mol. The summed E-state index contributed by atoms with van der Waals surface area (Å²) in [5.74, 6) is -1.21. The van der Waals surface area contributed by atoms with Crippen LogP contribution in [0.5, 0.6) is 0 Å². The molecule has 1 saturated heterocycles. The number of thioether (sulfide) groups is 1. The maximum absolute atomic E-state index is 11.5. The number of aliphatic carboxylic acids is 1. The molecular weight excluding hydrogens is 292 g/mol. The summed E-state index contributed by atoms with van der Waals surface area (Å²) < 4.78 is 0. The highest BCUT2D eigenvalue weighted by molar-refractivity contribution is 8.06. The molecule has 0 aromatic rings. The van der Waals surface area contributed by atoms with Gasteiger partial charge >= 0.3 is 5.97 Å². The molecule has 2 aliphatic rings. The zero-order chi connectivity index (χ0) is 15.7. The Labute approximate surface area is 127 Å². The van der Waals surface area contributed by atoms with Crippen LogP contribution in [0.15, 0.2) is 33.4 Å².